The smallest absolute Gasteiger partial charge is 0.169 e. The molecule has 5 nitrogen and oxygen atoms in total. The molecule has 1 unspecified atom stereocenters. The lowest BCUT2D eigenvalue weighted by atomic mass is 10.1. The molecule has 24 heavy (non-hydrogen) atoms. The number of aromatic nitrogens is 2. The number of nitrogens with zero attached hydrogens (tertiary/aromatic N) is 4. The number of rotatable bonds is 4. The van der Waals surface area contributed by atoms with Gasteiger partial charge in [-0.05, 0) is 39.0 Å². The minimum Gasteiger partial charge on any atom is -0.474 e. The molecule has 2 atom stereocenters. The van der Waals surface area contributed by atoms with Gasteiger partial charge in [0.15, 0.2) is 6.23 Å². The van der Waals surface area contributed by atoms with Gasteiger partial charge in [0, 0.05) is 24.0 Å². The van der Waals surface area contributed by atoms with E-state index in [-0.39, 0.29) is 12.3 Å². The summed E-state index contributed by atoms with van der Waals surface area (Å²) in [7, 11) is 0. The summed E-state index contributed by atoms with van der Waals surface area (Å²) in [5.41, 5.74) is 2.21. The molecule has 1 aliphatic heterocycles. The molecular weight excluding hydrogens is 324 g/mol. The molecule has 0 spiro atoms. The molecule has 6 heteroatoms. The lowest BCUT2D eigenvalue weighted by molar-refractivity contribution is 0.0357. The van der Waals surface area contributed by atoms with Crippen LogP contribution in [0.1, 0.15) is 26.3 Å². The maximum atomic E-state index is 8.95. The summed E-state index contributed by atoms with van der Waals surface area (Å²) in [5.74, 6) is 0.933. The van der Waals surface area contributed by atoms with Crippen LogP contribution in [0.5, 0.6) is 0 Å². The molecule has 2 heterocycles. The lowest BCUT2D eigenvalue weighted by Gasteiger charge is -2.27. The Kier molecular flexibility index (Phi) is 4.50. The first-order valence-corrected chi connectivity index (χ1v) is 8.21. The average Bonchev–Trinajstić information content (AvgIpc) is 3.13. The zero-order chi connectivity index (χ0) is 17.3. The number of hydrogen-bond acceptors (Lipinski definition) is 4. The van der Waals surface area contributed by atoms with Gasteiger partial charge in [-0.1, -0.05) is 17.7 Å². The van der Waals surface area contributed by atoms with Crippen LogP contribution in [0, 0.1) is 11.3 Å². The summed E-state index contributed by atoms with van der Waals surface area (Å²) in [6, 6.07) is 9.64. The van der Waals surface area contributed by atoms with Gasteiger partial charge in [-0.25, -0.2) is 0 Å². The zero-order valence-electron chi connectivity index (χ0n) is 13.9. The van der Waals surface area contributed by atoms with E-state index in [1.807, 2.05) is 43.1 Å². The molecule has 124 valence electrons. The Hall–Kier alpha value is -2.45. The molecule has 1 aromatic carbocycles. The van der Waals surface area contributed by atoms with Gasteiger partial charge in [-0.2, -0.15) is 10.4 Å². The highest BCUT2D eigenvalue weighted by atomic mass is 35.5. The molecule has 2 aromatic rings. The van der Waals surface area contributed by atoms with Gasteiger partial charge in [0.1, 0.15) is 11.8 Å². The Balaban J connectivity index is 1.74. The molecule has 0 N–H and O–H groups in total. The number of nitriles is 1. The van der Waals surface area contributed by atoms with Crippen LogP contribution in [0.25, 0.3) is 11.3 Å². The normalized spacial score (nSPS) is 18.0. The van der Waals surface area contributed by atoms with Crippen LogP contribution in [-0.2, 0) is 11.3 Å². The second kappa shape index (κ2) is 6.58. The fraction of sp³-hybridized carbons (Fsp3) is 0.333. The van der Waals surface area contributed by atoms with Crippen LogP contribution < -0.4 is 0 Å². The largest absolute Gasteiger partial charge is 0.474 e. The van der Waals surface area contributed by atoms with E-state index in [0.29, 0.717) is 10.6 Å². The maximum Gasteiger partial charge on any atom is 0.169 e. The van der Waals surface area contributed by atoms with Crippen molar-refractivity contribution in [1.29, 1.82) is 5.26 Å². The van der Waals surface area contributed by atoms with Crippen LogP contribution in [-0.4, -0.2) is 27.0 Å². The average molecular weight is 343 g/mol. The minimum absolute atomic E-state index is 0.0485. The second-order valence-corrected chi connectivity index (χ2v) is 6.39. The summed E-state index contributed by atoms with van der Waals surface area (Å²) in [6.07, 6.45) is 4.04. The van der Waals surface area contributed by atoms with Crippen LogP contribution in [0.4, 0.5) is 0 Å². The van der Waals surface area contributed by atoms with Crippen molar-refractivity contribution in [2.45, 2.75) is 39.6 Å². The lowest BCUT2D eigenvalue weighted by Crippen LogP contribution is -2.36. The van der Waals surface area contributed by atoms with Gasteiger partial charge in [-0.3, -0.25) is 4.68 Å². The van der Waals surface area contributed by atoms with Crippen LogP contribution >= 0.6 is 11.6 Å². The fourth-order valence-corrected chi connectivity index (χ4v) is 3.13. The molecule has 0 aliphatic carbocycles. The van der Waals surface area contributed by atoms with Crippen LogP contribution in [0.3, 0.4) is 0 Å². The topological polar surface area (TPSA) is 54.1 Å². The van der Waals surface area contributed by atoms with Gasteiger partial charge in [0.25, 0.3) is 0 Å². The highest BCUT2D eigenvalue weighted by Gasteiger charge is 2.24. The summed E-state index contributed by atoms with van der Waals surface area (Å²) in [4.78, 5) is 2.19. The second-order valence-electron chi connectivity index (χ2n) is 5.98. The molecule has 0 bridgehead atoms. The Morgan fingerprint density at radius 1 is 1.42 bits per heavy atom. The minimum atomic E-state index is 0.0485. The van der Waals surface area contributed by atoms with Crippen molar-refractivity contribution in [3.8, 4) is 17.3 Å². The van der Waals surface area contributed by atoms with Gasteiger partial charge in [0.05, 0.1) is 22.8 Å². The molecule has 0 fully saturated rings. The van der Waals surface area contributed by atoms with Crippen LogP contribution in [0.15, 0.2) is 42.4 Å². The van der Waals surface area contributed by atoms with Gasteiger partial charge in [0.2, 0.25) is 0 Å². The van der Waals surface area contributed by atoms with Crippen molar-refractivity contribution in [3.63, 3.8) is 0 Å². The van der Waals surface area contributed by atoms with Crippen molar-refractivity contribution in [1.82, 2.24) is 14.7 Å². The maximum absolute atomic E-state index is 8.95. The monoisotopic (exact) mass is 342 g/mol. The Morgan fingerprint density at radius 2 is 2.21 bits per heavy atom. The molecule has 0 saturated carbocycles. The predicted molar refractivity (Wildman–Crippen MR) is 93.0 cm³/mol. The van der Waals surface area contributed by atoms with E-state index < -0.39 is 0 Å². The summed E-state index contributed by atoms with van der Waals surface area (Å²) in [5, 5.41) is 14.0. The first kappa shape index (κ1) is 16.4. The third-order valence-corrected chi connectivity index (χ3v) is 4.41. The molecule has 0 amide bonds. The van der Waals surface area contributed by atoms with E-state index in [4.69, 9.17) is 21.6 Å². The fourth-order valence-electron chi connectivity index (χ4n) is 2.91. The number of ether oxygens (including phenoxy) is 1. The van der Waals surface area contributed by atoms with Gasteiger partial charge < -0.3 is 9.64 Å². The van der Waals surface area contributed by atoms with E-state index in [0.717, 1.165) is 23.6 Å². The summed E-state index contributed by atoms with van der Waals surface area (Å²) in [6.45, 7) is 6.90. The number of halogens is 1. The number of hydrogen-bond donors (Lipinski definition) is 0. The van der Waals surface area contributed by atoms with Crippen molar-refractivity contribution in [3.05, 3.63) is 53.0 Å². The summed E-state index contributed by atoms with van der Waals surface area (Å²) < 4.78 is 7.58. The highest BCUT2D eigenvalue weighted by molar-refractivity contribution is 6.32. The van der Waals surface area contributed by atoms with E-state index in [9.17, 15) is 0 Å². The van der Waals surface area contributed by atoms with Gasteiger partial charge in [-0.15, -0.1) is 0 Å². The Labute approximate surface area is 146 Å². The molecule has 0 saturated heterocycles. The Bertz CT molecular complexity index is 821. The van der Waals surface area contributed by atoms with Crippen molar-refractivity contribution in [2.75, 3.05) is 0 Å². The first-order valence-electron chi connectivity index (χ1n) is 7.84. The summed E-state index contributed by atoms with van der Waals surface area (Å²) >= 11 is 6.10. The van der Waals surface area contributed by atoms with Crippen molar-refractivity contribution < 1.29 is 4.74 Å². The third kappa shape index (κ3) is 3.24. The Morgan fingerprint density at radius 3 is 2.83 bits per heavy atom. The van der Waals surface area contributed by atoms with E-state index in [2.05, 4.69) is 23.0 Å². The standard InChI is InChI=1S/C18H19ClN4O/c1-12(23-11-13(2)24-14(23)3)10-22-7-6-18(21-22)15-4-5-16(9-20)17(19)8-15/h4-8,11-12,14H,10H2,1-3H3/t12?,14-/m0/s1. The molecule has 0 radical (unpaired) electrons. The first-order chi connectivity index (χ1) is 11.5. The van der Waals surface area contributed by atoms with Crippen molar-refractivity contribution >= 4 is 11.6 Å². The number of allylic oxidation sites excluding steroid dienone is 1. The van der Waals surface area contributed by atoms with Crippen LogP contribution in [0.2, 0.25) is 5.02 Å². The highest BCUT2D eigenvalue weighted by Crippen LogP contribution is 2.25. The quantitative estimate of drug-likeness (QED) is 0.842. The number of benzene rings is 1. The molecular formula is C18H19ClN4O. The third-order valence-electron chi connectivity index (χ3n) is 4.09. The molecule has 1 aromatic heterocycles. The van der Waals surface area contributed by atoms with Crippen molar-refractivity contribution in [2.24, 2.45) is 0 Å². The SMILES string of the molecule is CC1=CN(C(C)Cn2ccc(-c3ccc(C#N)c(Cl)c3)n2)[C@H](C)O1. The van der Waals surface area contributed by atoms with E-state index >= 15 is 0 Å². The van der Waals surface area contributed by atoms with Gasteiger partial charge >= 0.3 is 0 Å². The van der Waals surface area contributed by atoms with E-state index in [1.54, 1.807) is 12.1 Å². The zero-order valence-corrected chi connectivity index (χ0v) is 14.7. The predicted octanol–water partition coefficient (Wildman–Crippen LogP) is 4.00. The van der Waals surface area contributed by atoms with E-state index in [1.165, 1.54) is 0 Å². The molecule has 3 rings (SSSR count). The molecule has 1 aliphatic rings.